The maximum atomic E-state index is 13.3. The van der Waals surface area contributed by atoms with Crippen LogP contribution in [0.25, 0.3) is 0 Å². The van der Waals surface area contributed by atoms with Crippen molar-refractivity contribution in [1.82, 2.24) is 0 Å². The van der Waals surface area contributed by atoms with Gasteiger partial charge in [0.2, 0.25) is 0 Å². The fraction of sp³-hybridized carbons (Fsp3) is 0.455. The van der Waals surface area contributed by atoms with E-state index in [4.69, 9.17) is 4.74 Å². The number of benzene rings is 1. The average molecular weight is 231 g/mol. The average Bonchev–Trinajstić information content (AvgIpc) is 2.61. The molecule has 1 aromatic rings. The van der Waals surface area contributed by atoms with Gasteiger partial charge in [0.25, 0.3) is 0 Å². The van der Waals surface area contributed by atoms with Crippen LogP contribution >= 0.6 is 0 Å². The molecule has 2 unspecified atom stereocenters. The Morgan fingerprint density at radius 2 is 1.88 bits per heavy atom. The Bertz CT molecular complexity index is 397. The molecule has 1 aliphatic rings. The normalized spacial score (nSPS) is 24.8. The lowest BCUT2D eigenvalue weighted by Crippen LogP contribution is -2.27. The summed E-state index contributed by atoms with van der Waals surface area (Å²) in [5.41, 5.74) is -0.0266. The number of halogens is 3. The largest absolute Gasteiger partial charge is 0.377 e. The number of ether oxygens (including phenoxy) is 1. The Morgan fingerprint density at radius 1 is 1.19 bits per heavy atom. The van der Waals surface area contributed by atoms with Gasteiger partial charge in [-0.1, -0.05) is 0 Å². The summed E-state index contributed by atoms with van der Waals surface area (Å²) in [6.45, 7) is 2.44. The summed E-state index contributed by atoms with van der Waals surface area (Å²) in [7, 11) is 0. The zero-order valence-electron chi connectivity index (χ0n) is 8.77. The van der Waals surface area contributed by atoms with Gasteiger partial charge in [0.1, 0.15) is 5.82 Å². The fourth-order valence-corrected chi connectivity index (χ4v) is 1.75. The van der Waals surface area contributed by atoms with Crippen molar-refractivity contribution in [2.24, 2.45) is 0 Å². The molecular weight excluding hydrogens is 219 g/mol. The molecule has 1 fully saturated rings. The SMILES string of the molecule is CC1OCCC1Nc1cc(F)c(F)cc1F. The zero-order chi connectivity index (χ0) is 11.7. The van der Waals surface area contributed by atoms with Crippen molar-refractivity contribution in [3.8, 4) is 0 Å². The maximum Gasteiger partial charge on any atom is 0.161 e. The van der Waals surface area contributed by atoms with Crippen molar-refractivity contribution in [2.45, 2.75) is 25.5 Å². The second kappa shape index (κ2) is 4.33. The molecule has 0 amide bonds. The molecule has 0 radical (unpaired) electrons. The third kappa shape index (κ3) is 2.14. The van der Waals surface area contributed by atoms with E-state index in [1.54, 1.807) is 0 Å². The molecule has 0 saturated carbocycles. The van der Waals surface area contributed by atoms with E-state index in [0.29, 0.717) is 12.7 Å². The van der Waals surface area contributed by atoms with Crippen LogP contribution in [0.4, 0.5) is 18.9 Å². The molecule has 2 atom stereocenters. The summed E-state index contributed by atoms with van der Waals surface area (Å²) in [5, 5.41) is 2.82. The minimum atomic E-state index is -1.18. The van der Waals surface area contributed by atoms with Gasteiger partial charge in [-0.05, 0) is 13.3 Å². The van der Waals surface area contributed by atoms with Gasteiger partial charge in [0.05, 0.1) is 17.8 Å². The predicted octanol–water partition coefficient (Wildman–Crippen LogP) is 2.69. The van der Waals surface area contributed by atoms with E-state index in [1.165, 1.54) is 0 Å². The van der Waals surface area contributed by atoms with E-state index < -0.39 is 17.5 Å². The van der Waals surface area contributed by atoms with Crippen LogP contribution < -0.4 is 5.32 Å². The summed E-state index contributed by atoms with van der Waals surface area (Å²) in [6.07, 6.45) is 0.659. The molecule has 0 aromatic heterocycles. The van der Waals surface area contributed by atoms with Crippen molar-refractivity contribution in [2.75, 3.05) is 11.9 Å². The van der Waals surface area contributed by atoms with Crippen LogP contribution in [0.1, 0.15) is 13.3 Å². The first-order valence-corrected chi connectivity index (χ1v) is 5.10. The van der Waals surface area contributed by atoms with Crippen molar-refractivity contribution in [1.29, 1.82) is 0 Å². The second-order valence-electron chi connectivity index (χ2n) is 3.86. The molecule has 1 aromatic carbocycles. The first-order valence-electron chi connectivity index (χ1n) is 5.10. The number of hydrogen-bond acceptors (Lipinski definition) is 2. The van der Waals surface area contributed by atoms with Gasteiger partial charge in [-0.15, -0.1) is 0 Å². The highest BCUT2D eigenvalue weighted by molar-refractivity contribution is 5.46. The van der Waals surface area contributed by atoms with Crippen LogP contribution in [0.5, 0.6) is 0 Å². The number of nitrogens with one attached hydrogen (secondary N) is 1. The molecule has 1 saturated heterocycles. The Morgan fingerprint density at radius 3 is 2.50 bits per heavy atom. The van der Waals surface area contributed by atoms with Crippen molar-refractivity contribution < 1.29 is 17.9 Å². The summed E-state index contributed by atoms with van der Waals surface area (Å²) >= 11 is 0. The van der Waals surface area contributed by atoms with Crippen LogP contribution in [0.3, 0.4) is 0 Å². The lowest BCUT2D eigenvalue weighted by molar-refractivity contribution is 0.121. The van der Waals surface area contributed by atoms with Crippen LogP contribution in [-0.4, -0.2) is 18.8 Å². The summed E-state index contributed by atoms with van der Waals surface area (Å²) < 4.78 is 44.2. The molecule has 16 heavy (non-hydrogen) atoms. The van der Waals surface area contributed by atoms with Gasteiger partial charge in [-0.3, -0.25) is 0 Å². The molecule has 88 valence electrons. The van der Waals surface area contributed by atoms with Gasteiger partial charge in [0.15, 0.2) is 11.6 Å². The molecule has 0 bridgehead atoms. The van der Waals surface area contributed by atoms with Crippen LogP contribution in [0.2, 0.25) is 0 Å². The minimum Gasteiger partial charge on any atom is -0.377 e. The van der Waals surface area contributed by atoms with Gasteiger partial charge in [0, 0.05) is 18.7 Å². The van der Waals surface area contributed by atoms with E-state index >= 15 is 0 Å². The van der Waals surface area contributed by atoms with Crippen molar-refractivity contribution >= 4 is 5.69 Å². The number of rotatable bonds is 2. The maximum absolute atomic E-state index is 13.3. The Kier molecular flexibility index (Phi) is 3.05. The van der Waals surface area contributed by atoms with Crippen LogP contribution in [0, 0.1) is 17.5 Å². The molecule has 1 heterocycles. The lowest BCUT2D eigenvalue weighted by Gasteiger charge is -2.17. The van der Waals surface area contributed by atoms with Crippen LogP contribution in [0.15, 0.2) is 12.1 Å². The third-order valence-electron chi connectivity index (χ3n) is 2.73. The van der Waals surface area contributed by atoms with E-state index in [2.05, 4.69) is 5.32 Å². The third-order valence-corrected chi connectivity index (χ3v) is 2.73. The topological polar surface area (TPSA) is 21.3 Å². The Labute approximate surface area is 91.4 Å². The highest BCUT2D eigenvalue weighted by Gasteiger charge is 2.25. The Balaban J connectivity index is 2.18. The van der Waals surface area contributed by atoms with Crippen molar-refractivity contribution in [3.05, 3.63) is 29.6 Å². The van der Waals surface area contributed by atoms with E-state index in [9.17, 15) is 13.2 Å². The van der Waals surface area contributed by atoms with Gasteiger partial charge in [-0.25, -0.2) is 13.2 Å². The standard InChI is InChI=1S/C11H12F3NO/c1-6-10(2-3-16-6)15-11-5-8(13)7(12)4-9(11)14/h4-6,10,15H,2-3H2,1H3. The minimum absolute atomic E-state index is 0.0266. The van der Waals surface area contributed by atoms with E-state index in [1.807, 2.05) is 6.92 Å². The predicted molar refractivity (Wildman–Crippen MR) is 53.8 cm³/mol. The number of hydrogen-bond donors (Lipinski definition) is 1. The molecular formula is C11H12F3NO. The van der Waals surface area contributed by atoms with Gasteiger partial charge >= 0.3 is 0 Å². The highest BCUT2D eigenvalue weighted by Crippen LogP contribution is 2.23. The first-order chi connectivity index (χ1) is 7.58. The Hall–Kier alpha value is -1.23. The quantitative estimate of drug-likeness (QED) is 0.790. The van der Waals surface area contributed by atoms with Gasteiger partial charge in [-0.2, -0.15) is 0 Å². The van der Waals surface area contributed by atoms with Crippen LogP contribution in [-0.2, 0) is 4.74 Å². The summed E-state index contributed by atoms with van der Waals surface area (Å²) in [6, 6.07) is 1.30. The monoisotopic (exact) mass is 231 g/mol. The molecule has 2 nitrogen and oxygen atoms in total. The molecule has 5 heteroatoms. The smallest absolute Gasteiger partial charge is 0.161 e. The lowest BCUT2D eigenvalue weighted by atomic mass is 10.1. The van der Waals surface area contributed by atoms with Crippen molar-refractivity contribution in [3.63, 3.8) is 0 Å². The highest BCUT2D eigenvalue weighted by atomic mass is 19.2. The number of anilines is 1. The summed E-state index contributed by atoms with van der Waals surface area (Å²) in [5.74, 6) is -3.03. The molecule has 1 aliphatic heterocycles. The fourth-order valence-electron chi connectivity index (χ4n) is 1.75. The second-order valence-corrected chi connectivity index (χ2v) is 3.86. The molecule has 1 N–H and O–H groups in total. The summed E-state index contributed by atoms with van der Waals surface area (Å²) in [4.78, 5) is 0. The van der Waals surface area contributed by atoms with Gasteiger partial charge < -0.3 is 10.1 Å². The molecule has 2 rings (SSSR count). The van der Waals surface area contributed by atoms with E-state index in [-0.39, 0.29) is 17.8 Å². The molecule has 0 aliphatic carbocycles. The zero-order valence-corrected chi connectivity index (χ0v) is 8.77. The molecule has 0 spiro atoms. The van der Waals surface area contributed by atoms with E-state index in [0.717, 1.165) is 12.5 Å². The first kappa shape index (κ1) is 11.3.